The number of unbranched alkanes of at least 4 members (excludes halogenated alkanes) is 2. The molecule has 11 nitrogen and oxygen atoms in total. The molecule has 2 aromatic rings. The number of ketones is 2. The second-order valence-corrected chi connectivity index (χ2v) is 13.0. The predicted octanol–water partition coefficient (Wildman–Crippen LogP) is 5.08. The third-order valence-corrected chi connectivity index (χ3v) is 9.78. The molecule has 246 valence electrons. The Balaban J connectivity index is 1.69. The van der Waals surface area contributed by atoms with Crippen molar-refractivity contribution in [2.45, 2.75) is 77.0 Å². The van der Waals surface area contributed by atoms with E-state index in [0.29, 0.717) is 42.3 Å². The number of ether oxygens (including phenoxy) is 3. The summed E-state index contributed by atoms with van der Waals surface area (Å²) in [5.74, 6) is -1.87. The number of aliphatic hydroxyl groups excluding tert-OH is 1. The van der Waals surface area contributed by atoms with Crippen molar-refractivity contribution >= 4 is 11.6 Å². The molecular formula is C34H47N3O8. The van der Waals surface area contributed by atoms with Gasteiger partial charge in [0.2, 0.25) is 5.78 Å². The lowest BCUT2D eigenvalue weighted by molar-refractivity contribution is -0.0559. The zero-order chi connectivity index (χ0) is 32.8. The third kappa shape index (κ3) is 5.22. The van der Waals surface area contributed by atoms with Gasteiger partial charge in [-0.05, 0) is 77.9 Å². The molecule has 1 heterocycles. The van der Waals surface area contributed by atoms with Crippen molar-refractivity contribution in [3.8, 4) is 17.4 Å². The minimum absolute atomic E-state index is 0.00498. The van der Waals surface area contributed by atoms with Gasteiger partial charge in [0.1, 0.15) is 22.8 Å². The standard InChI is InChI=1S/C34H47N3O8/c1-9-11-13-43-23-17-20(18(3)36(4)5)29(42-8)21-15-19-16-22-27(37(6)7)30-26(33(35-45-30)44-14-12-10-2)32(40)34(22,41)31(39)24(19)28(38)25(21)23/h17-19,22,27,39,41H,9-16H2,1-8H3/t18-,19-,22-,27-,34-/m0/s1. The van der Waals surface area contributed by atoms with E-state index in [0.717, 1.165) is 31.2 Å². The Hall–Kier alpha value is -3.41. The molecule has 11 heteroatoms. The van der Waals surface area contributed by atoms with Crippen LogP contribution in [0.2, 0.25) is 0 Å². The molecule has 5 rings (SSSR count). The Morgan fingerprint density at radius 3 is 2.36 bits per heavy atom. The predicted molar refractivity (Wildman–Crippen MR) is 167 cm³/mol. The molecule has 0 spiro atoms. The van der Waals surface area contributed by atoms with Crippen LogP contribution in [0, 0.1) is 11.8 Å². The molecule has 0 amide bonds. The van der Waals surface area contributed by atoms with Crippen molar-refractivity contribution in [3.63, 3.8) is 0 Å². The lowest BCUT2D eigenvalue weighted by Crippen LogP contribution is -2.59. The number of benzene rings is 1. The summed E-state index contributed by atoms with van der Waals surface area (Å²) in [6.45, 7) is 6.88. The van der Waals surface area contributed by atoms with E-state index < -0.39 is 40.8 Å². The van der Waals surface area contributed by atoms with Crippen molar-refractivity contribution in [1.29, 1.82) is 0 Å². The van der Waals surface area contributed by atoms with Gasteiger partial charge in [0, 0.05) is 28.7 Å². The summed E-state index contributed by atoms with van der Waals surface area (Å²) in [5, 5.41) is 28.3. The maximum Gasteiger partial charge on any atom is 0.265 e. The lowest BCUT2D eigenvalue weighted by Gasteiger charge is -2.49. The number of carbonyl (C=O) groups excluding carboxylic acids is 2. The molecule has 2 N–H and O–H groups in total. The van der Waals surface area contributed by atoms with Crippen LogP contribution in [0.15, 0.2) is 21.9 Å². The Morgan fingerprint density at radius 1 is 1.09 bits per heavy atom. The Labute approximate surface area is 265 Å². The summed E-state index contributed by atoms with van der Waals surface area (Å²) in [4.78, 5) is 32.6. The normalized spacial score (nSPS) is 24.7. The number of fused-ring (bicyclic) bond motifs is 4. The highest BCUT2D eigenvalue weighted by Crippen LogP contribution is 2.57. The molecule has 0 fully saturated rings. The largest absolute Gasteiger partial charge is 0.508 e. The molecule has 0 radical (unpaired) electrons. The molecule has 3 aliphatic carbocycles. The summed E-state index contributed by atoms with van der Waals surface area (Å²) in [6, 6.07) is 1.20. The second-order valence-electron chi connectivity index (χ2n) is 13.0. The van der Waals surface area contributed by atoms with Gasteiger partial charge in [0.25, 0.3) is 5.88 Å². The quantitative estimate of drug-likeness (QED) is 0.306. The van der Waals surface area contributed by atoms with Gasteiger partial charge in [-0.25, -0.2) is 0 Å². The first kappa shape index (κ1) is 33.0. The number of allylic oxidation sites excluding steroid dienone is 1. The zero-order valence-corrected chi connectivity index (χ0v) is 27.7. The number of carbonyl (C=O) groups is 2. The van der Waals surface area contributed by atoms with Crippen LogP contribution in [-0.2, 0) is 6.42 Å². The van der Waals surface area contributed by atoms with Crippen LogP contribution in [0.3, 0.4) is 0 Å². The maximum atomic E-state index is 14.5. The summed E-state index contributed by atoms with van der Waals surface area (Å²) in [6.07, 6.45) is 3.94. The zero-order valence-electron chi connectivity index (χ0n) is 27.7. The van der Waals surface area contributed by atoms with Gasteiger partial charge in [-0.2, -0.15) is 0 Å². The van der Waals surface area contributed by atoms with Gasteiger partial charge in [-0.3, -0.25) is 14.5 Å². The van der Waals surface area contributed by atoms with E-state index >= 15 is 0 Å². The Kier molecular flexibility index (Phi) is 9.35. The molecule has 0 saturated heterocycles. The van der Waals surface area contributed by atoms with Crippen LogP contribution in [0.1, 0.15) is 103 Å². The van der Waals surface area contributed by atoms with E-state index in [1.807, 2.05) is 46.1 Å². The van der Waals surface area contributed by atoms with Gasteiger partial charge >= 0.3 is 0 Å². The Bertz CT molecular complexity index is 1490. The smallest absolute Gasteiger partial charge is 0.265 e. The molecule has 45 heavy (non-hydrogen) atoms. The van der Waals surface area contributed by atoms with Crippen LogP contribution in [-0.4, -0.2) is 90.9 Å². The SMILES string of the molecule is CCCCOc1cc([C@H](C)N(C)C)c(OC)c2c1C(=O)C1=C(O)[C@]3(O)C(=O)c4c(OCCCC)noc4[C@@H](N(C)C)[C@@H]3C[C@@H]1C2. The van der Waals surface area contributed by atoms with Gasteiger partial charge in [0.15, 0.2) is 17.1 Å². The van der Waals surface area contributed by atoms with Crippen LogP contribution in [0.5, 0.6) is 17.4 Å². The average molecular weight is 626 g/mol. The molecule has 1 aromatic heterocycles. The topological polar surface area (TPSA) is 135 Å². The number of nitrogens with zero attached hydrogens (tertiary/aromatic N) is 3. The molecular weight excluding hydrogens is 578 g/mol. The summed E-state index contributed by atoms with van der Waals surface area (Å²) in [7, 11) is 9.19. The van der Waals surface area contributed by atoms with Crippen LogP contribution < -0.4 is 14.2 Å². The second kappa shape index (κ2) is 12.8. The molecule has 0 saturated carbocycles. The molecule has 0 bridgehead atoms. The van der Waals surface area contributed by atoms with E-state index in [1.54, 1.807) is 7.11 Å². The molecule has 0 aliphatic heterocycles. The summed E-state index contributed by atoms with van der Waals surface area (Å²) < 4.78 is 23.7. The summed E-state index contributed by atoms with van der Waals surface area (Å²) >= 11 is 0. The number of hydrogen-bond acceptors (Lipinski definition) is 11. The number of aliphatic hydroxyl groups is 2. The van der Waals surface area contributed by atoms with Crippen LogP contribution >= 0.6 is 0 Å². The molecule has 3 aliphatic rings. The first-order chi connectivity index (χ1) is 21.4. The van der Waals surface area contributed by atoms with E-state index in [9.17, 15) is 19.8 Å². The van der Waals surface area contributed by atoms with Crippen molar-refractivity contribution in [2.75, 3.05) is 48.5 Å². The van der Waals surface area contributed by atoms with Gasteiger partial charge in [-0.1, -0.05) is 26.7 Å². The van der Waals surface area contributed by atoms with Crippen molar-refractivity contribution in [2.24, 2.45) is 11.8 Å². The van der Waals surface area contributed by atoms with Gasteiger partial charge in [0.05, 0.1) is 31.9 Å². The van der Waals surface area contributed by atoms with Gasteiger partial charge in [-0.15, -0.1) is 0 Å². The Morgan fingerprint density at radius 2 is 1.76 bits per heavy atom. The summed E-state index contributed by atoms with van der Waals surface area (Å²) in [5.41, 5.74) is -0.420. The fourth-order valence-corrected chi connectivity index (χ4v) is 7.17. The highest BCUT2D eigenvalue weighted by molar-refractivity contribution is 6.16. The van der Waals surface area contributed by atoms with Crippen molar-refractivity contribution in [1.82, 2.24) is 15.0 Å². The van der Waals surface area contributed by atoms with E-state index in [-0.39, 0.29) is 35.2 Å². The van der Waals surface area contributed by atoms with Crippen LogP contribution in [0.4, 0.5) is 0 Å². The van der Waals surface area contributed by atoms with Gasteiger partial charge < -0.3 is 33.8 Å². The molecule has 1 aromatic carbocycles. The first-order valence-corrected chi connectivity index (χ1v) is 16.0. The highest BCUT2D eigenvalue weighted by Gasteiger charge is 2.64. The number of Topliss-reactive ketones (excluding diaryl/α,β-unsaturated/α-hetero) is 2. The number of rotatable bonds is 12. The number of aromatic nitrogens is 1. The first-order valence-electron chi connectivity index (χ1n) is 16.0. The highest BCUT2D eigenvalue weighted by atomic mass is 16.5. The van der Waals surface area contributed by atoms with Crippen molar-refractivity contribution < 1.29 is 38.5 Å². The minimum Gasteiger partial charge on any atom is -0.508 e. The average Bonchev–Trinajstić information content (AvgIpc) is 3.41. The van der Waals surface area contributed by atoms with E-state index in [4.69, 9.17) is 18.7 Å². The van der Waals surface area contributed by atoms with E-state index in [2.05, 4.69) is 23.9 Å². The third-order valence-electron chi connectivity index (χ3n) is 9.78. The van der Waals surface area contributed by atoms with Crippen molar-refractivity contribution in [3.05, 3.63) is 45.4 Å². The maximum absolute atomic E-state index is 14.5. The van der Waals surface area contributed by atoms with E-state index in [1.165, 1.54) is 0 Å². The molecule has 5 atom stereocenters. The minimum atomic E-state index is -2.37. The van der Waals surface area contributed by atoms with Crippen LogP contribution in [0.25, 0.3) is 0 Å². The lowest BCUT2D eigenvalue weighted by atomic mass is 9.58. The number of hydrogen-bond donors (Lipinski definition) is 2. The fourth-order valence-electron chi connectivity index (χ4n) is 7.17. The monoisotopic (exact) mass is 625 g/mol. The fraction of sp³-hybridized carbons (Fsp3) is 0.618. The molecule has 0 unspecified atom stereocenters. The number of methoxy groups -OCH3 is 1.